The molecule has 0 bridgehead atoms. The Morgan fingerprint density at radius 3 is 2.67 bits per heavy atom. The molecule has 0 spiro atoms. The average molecular weight is 281 g/mol. The van der Waals surface area contributed by atoms with E-state index in [9.17, 15) is 9.90 Å². The van der Waals surface area contributed by atoms with E-state index < -0.39 is 11.9 Å². The Hall–Kier alpha value is -2.42. The third kappa shape index (κ3) is 4.02. The van der Waals surface area contributed by atoms with Gasteiger partial charge in [0.1, 0.15) is 0 Å². The van der Waals surface area contributed by atoms with Gasteiger partial charge in [-0.15, -0.1) is 6.58 Å². The summed E-state index contributed by atoms with van der Waals surface area (Å²) in [6, 6.07) is 11.5. The molecule has 0 saturated carbocycles. The lowest BCUT2D eigenvalue weighted by Gasteiger charge is -2.14. The van der Waals surface area contributed by atoms with E-state index >= 15 is 0 Å². The SMILES string of the molecule is C=C(C)CC[C@@H](C(=O)O)c1cccc(-c2cccnc2)c1. The first-order chi connectivity index (χ1) is 10.1. The molecule has 3 nitrogen and oxygen atoms in total. The number of allylic oxidation sites excluding steroid dienone is 1. The minimum atomic E-state index is -0.792. The highest BCUT2D eigenvalue weighted by atomic mass is 16.4. The van der Waals surface area contributed by atoms with Crippen molar-refractivity contribution in [3.63, 3.8) is 0 Å². The smallest absolute Gasteiger partial charge is 0.310 e. The van der Waals surface area contributed by atoms with Crippen molar-refractivity contribution in [1.82, 2.24) is 4.98 Å². The van der Waals surface area contributed by atoms with Gasteiger partial charge in [-0.2, -0.15) is 0 Å². The third-order valence-electron chi connectivity index (χ3n) is 3.44. The van der Waals surface area contributed by atoms with Crippen molar-refractivity contribution in [2.24, 2.45) is 0 Å². The zero-order chi connectivity index (χ0) is 15.2. The van der Waals surface area contributed by atoms with Crippen LogP contribution in [0, 0.1) is 0 Å². The van der Waals surface area contributed by atoms with Gasteiger partial charge < -0.3 is 5.11 Å². The number of carbonyl (C=O) groups is 1. The van der Waals surface area contributed by atoms with Gasteiger partial charge >= 0.3 is 5.97 Å². The second-order valence-corrected chi connectivity index (χ2v) is 5.25. The van der Waals surface area contributed by atoms with E-state index in [0.717, 1.165) is 22.3 Å². The molecular weight excluding hydrogens is 262 g/mol. The fourth-order valence-corrected chi connectivity index (χ4v) is 2.29. The molecule has 108 valence electrons. The molecule has 0 aliphatic carbocycles. The van der Waals surface area contributed by atoms with E-state index in [1.807, 2.05) is 43.3 Å². The van der Waals surface area contributed by atoms with Crippen LogP contribution >= 0.6 is 0 Å². The van der Waals surface area contributed by atoms with E-state index in [1.165, 1.54) is 0 Å². The number of pyridine rings is 1. The van der Waals surface area contributed by atoms with Gasteiger partial charge in [0, 0.05) is 12.4 Å². The van der Waals surface area contributed by atoms with Gasteiger partial charge in [0.05, 0.1) is 5.92 Å². The Balaban J connectivity index is 2.30. The normalized spacial score (nSPS) is 11.9. The van der Waals surface area contributed by atoms with Crippen molar-refractivity contribution in [2.75, 3.05) is 0 Å². The fraction of sp³-hybridized carbons (Fsp3) is 0.222. The van der Waals surface area contributed by atoms with Gasteiger partial charge in [-0.1, -0.05) is 35.9 Å². The Morgan fingerprint density at radius 2 is 2.05 bits per heavy atom. The van der Waals surface area contributed by atoms with Gasteiger partial charge in [0.25, 0.3) is 0 Å². The molecule has 2 aromatic rings. The van der Waals surface area contributed by atoms with Crippen molar-refractivity contribution < 1.29 is 9.90 Å². The number of aromatic nitrogens is 1. The number of nitrogens with zero attached hydrogens (tertiary/aromatic N) is 1. The van der Waals surface area contributed by atoms with Crippen LogP contribution in [0.3, 0.4) is 0 Å². The van der Waals surface area contributed by atoms with Crippen molar-refractivity contribution in [3.8, 4) is 11.1 Å². The largest absolute Gasteiger partial charge is 0.481 e. The van der Waals surface area contributed by atoms with Crippen LogP contribution in [0.4, 0.5) is 0 Å². The topological polar surface area (TPSA) is 50.2 Å². The number of rotatable bonds is 6. The second-order valence-electron chi connectivity index (χ2n) is 5.25. The molecule has 2 rings (SSSR count). The molecule has 0 aliphatic rings. The molecule has 3 heteroatoms. The summed E-state index contributed by atoms with van der Waals surface area (Å²) in [6.45, 7) is 5.77. The van der Waals surface area contributed by atoms with Crippen molar-refractivity contribution in [2.45, 2.75) is 25.7 Å². The van der Waals surface area contributed by atoms with Crippen molar-refractivity contribution >= 4 is 5.97 Å². The molecule has 1 heterocycles. The van der Waals surface area contributed by atoms with E-state index in [4.69, 9.17) is 0 Å². The second kappa shape index (κ2) is 6.84. The van der Waals surface area contributed by atoms with Crippen LogP contribution in [-0.4, -0.2) is 16.1 Å². The Morgan fingerprint density at radius 1 is 1.29 bits per heavy atom. The lowest BCUT2D eigenvalue weighted by atomic mass is 9.91. The van der Waals surface area contributed by atoms with Crippen LogP contribution in [0.15, 0.2) is 60.9 Å². The highest BCUT2D eigenvalue weighted by Crippen LogP contribution is 2.27. The first-order valence-corrected chi connectivity index (χ1v) is 6.95. The molecule has 0 amide bonds. The molecule has 0 saturated heterocycles. The third-order valence-corrected chi connectivity index (χ3v) is 3.44. The van der Waals surface area contributed by atoms with Crippen LogP contribution in [0.1, 0.15) is 31.2 Å². The van der Waals surface area contributed by atoms with Gasteiger partial charge in [-0.3, -0.25) is 9.78 Å². The molecule has 0 radical (unpaired) electrons. The first kappa shape index (κ1) is 15.0. The van der Waals surface area contributed by atoms with Crippen LogP contribution in [-0.2, 0) is 4.79 Å². The van der Waals surface area contributed by atoms with E-state index in [1.54, 1.807) is 12.4 Å². The summed E-state index contributed by atoms with van der Waals surface area (Å²) >= 11 is 0. The highest BCUT2D eigenvalue weighted by Gasteiger charge is 2.19. The fourth-order valence-electron chi connectivity index (χ4n) is 2.29. The molecule has 1 aromatic heterocycles. The summed E-state index contributed by atoms with van der Waals surface area (Å²) in [5, 5.41) is 9.46. The molecule has 0 fully saturated rings. The van der Waals surface area contributed by atoms with Crippen molar-refractivity contribution in [3.05, 3.63) is 66.5 Å². The highest BCUT2D eigenvalue weighted by molar-refractivity contribution is 5.77. The quantitative estimate of drug-likeness (QED) is 0.804. The minimum Gasteiger partial charge on any atom is -0.481 e. The maximum absolute atomic E-state index is 11.5. The van der Waals surface area contributed by atoms with Crippen molar-refractivity contribution in [1.29, 1.82) is 0 Å². The number of aliphatic carboxylic acids is 1. The first-order valence-electron chi connectivity index (χ1n) is 6.95. The van der Waals surface area contributed by atoms with Gasteiger partial charge in [0.2, 0.25) is 0 Å². The number of carboxylic acid groups (broad SMARTS) is 1. The number of hydrogen-bond donors (Lipinski definition) is 1. The summed E-state index contributed by atoms with van der Waals surface area (Å²) in [6.07, 6.45) is 4.79. The number of carboxylic acids is 1. The molecule has 1 atom stereocenters. The molecule has 1 N–H and O–H groups in total. The lowest BCUT2D eigenvalue weighted by molar-refractivity contribution is -0.138. The minimum absolute atomic E-state index is 0.502. The zero-order valence-electron chi connectivity index (χ0n) is 12.1. The number of benzene rings is 1. The number of hydrogen-bond acceptors (Lipinski definition) is 2. The monoisotopic (exact) mass is 281 g/mol. The van der Waals surface area contributed by atoms with Crippen LogP contribution in [0.5, 0.6) is 0 Å². The molecule has 21 heavy (non-hydrogen) atoms. The lowest BCUT2D eigenvalue weighted by Crippen LogP contribution is -2.11. The summed E-state index contributed by atoms with van der Waals surface area (Å²) in [5.41, 5.74) is 3.81. The van der Waals surface area contributed by atoms with Gasteiger partial charge in [-0.05, 0) is 42.5 Å². The van der Waals surface area contributed by atoms with Crippen LogP contribution in [0.2, 0.25) is 0 Å². The van der Waals surface area contributed by atoms with Gasteiger partial charge in [0.15, 0.2) is 0 Å². The van der Waals surface area contributed by atoms with Gasteiger partial charge in [-0.25, -0.2) is 0 Å². The molecule has 0 aliphatic heterocycles. The van der Waals surface area contributed by atoms with Crippen LogP contribution < -0.4 is 0 Å². The maximum Gasteiger partial charge on any atom is 0.310 e. The standard InChI is InChI=1S/C18H19NO2/c1-13(2)8-9-17(18(20)21)15-6-3-5-14(11-15)16-7-4-10-19-12-16/h3-7,10-12,17H,1,8-9H2,2H3,(H,20,21)/t17-/m1/s1. The predicted octanol–water partition coefficient (Wildman–Crippen LogP) is 4.27. The zero-order valence-corrected chi connectivity index (χ0v) is 12.1. The Kier molecular flexibility index (Phi) is 4.88. The maximum atomic E-state index is 11.5. The summed E-state index contributed by atoms with van der Waals surface area (Å²) in [4.78, 5) is 15.6. The summed E-state index contributed by atoms with van der Waals surface area (Å²) in [7, 11) is 0. The molecule has 0 unspecified atom stereocenters. The predicted molar refractivity (Wildman–Crippen MR) is 84.1 cm³/mol. The van der Waals surface area contributed by atoms with E-state index in [-0.39, 0.29) is 0 Å². The average Bonchev–Trinajstić information content (AvgIpc) is 2.48. The van der Waals surface area contributed by atoms with E-state index in [2.05, 4.69) is 11.6 Å². The Labute approximate surface area is 125 Å². The van der Waals surface area contributed by atoms with E-state index in [0.29, 0.717) is 12.8 Å². The molecular formula is C18H19NO2. The summed E-state index contributed by atoms with van der Waals surface area (Å²) in [5.74, 6) is -1.29. The Bertz CT molecular complexity index is 635. The van der Waals surface area contributed by atoms with Crippen LogP contribution in [0.25, 0.3) is 11.1 Å². The molecule has 1 aromatic carbocycles. The summed E-state index contributed by atoms with van der Waals surface area (Å²) < 4.78 is 0.